The number of anilines is 1. The van der Waals surface area contributed by atoms with Gasteiger partial charge in [-0.15, -0.1) is 11.3 Å². The van der Waals surface area contributed by atoms with Crippen LogP contribution in [-0.2, 0) is 13.0 Å². The Labute approximate surface area is 139 Å². The van der Waals surface area contributed by atoms with Crippen LogP contribution in [0.2, 0.25) is 0 Å². The summed E-state index contributed by atoms with van der Waals surface area (Å²) in [4.78, 5) is 23.1. The summed E-state index contributed by atoms with van der Waals surface area (Å²) in [5, 5.41) is 5.83. The Balaban J connectivity index is 1.57. The minimum Gasteiger partial charge on any atom is -0.355 e. The van der Waals surface area contributed by atoms with Crippen molar-refractivity contribution in [2.45, 2.75) is 32.4 Å². The monoisotopic (exact) mass is 331 g/mol. The average Bonchev–Trinajstić information content (AvgIpc) is 3.21. The lowest BCUT2D eigenvalue weighted by Gasteiger charge is -2.16. The fraction of sp³-hybridized carbons (Fsp3) is 0.438. The van der Waals surface area contributed by atoms with Crippen LogP contribution in [-0.4, -0.2) is 35.0 Å². The number of carbonyl (C=O) groups is 1. The molecule has 0 radical (unpaired) electrons. The van der Waals surface area contributed by atoms with Gasteiger partial charge in [-0.2, -0.15) is 0 Å². The molecule has 1 saturated heterocycles. The molecule has 3 N–H and O–H groups in total. The summed E-state index contributed by atoms with van der Waals surface area (Å²) in [7, 11) is 0. The summed E-state index contributed by atoms with van der Waals surface area (Å²) in [5.74, 6) is 0.748. The number of rotatable bonds is 5. The largest absolute Gasteiger partial charge is 0.355 e. The molecule has 3 rings (SSSR count). The van der Waals surface area contributed by atoms with E-state index in [1.54, 1.807) is 23.6 Å². The highest BCUT2D eigenvalue weighted by atomic mass is 32.1. The first-order valence-electron chi connectivity index (χ1n) is 7.83. The number of aryl methyl sites for hydroxylation is 1. The van der Waals surface area contributed by atoms with Gasteiger partial charge in [0.25, 0.3) is 5.91 Å². The smallest absolute Gasteiger partial charge is 0.253 e. The molecule has 1 atom stereocenters. The quantitative estimate of drug-likeness (QED) is 0.869. The molecule has 0 aromatic carbocycles. The van der Waals surface area contributed by atoms with Gasteiger partial charge in [0.05, 0.1) is 17.8 Å². The van der Waals surface area contributed by atoms with Crippen molar-refractivity contribution in [1.29, 1.82) is 0 Å². The van der Waals surface area contributed by atoms with Crippen LogP contribution in [0, 0.1) is 0 Å². The highest BCUT2D eigenvalue weighted by Crippen LogP contribution is 2.17. The van der Waals surface area contributed by atoms with Gasteiger partial charge in [0, 0.05) is 30.7 Å². The van der Waals surface area contributed by atoms with Crippen LogP contribution in [0.5, 0.6) is 0 Å². The molecule has 1 aliphatic heterocycles. The van der Waals surface area contributed by atoms with E-state index in [4.69, 9.17) is 5.73 Å². The van der Waals surface area contributed by atoms with E-state index in [1.807, 2.05) is 11.4 Å². The Morgan fingerprint density at radius 3 is 3.00 bits per heavy atom. The summed E-state index contributed by atoms with van der Waals surface area (Å²) in [6.45, 7) is 4.26. The third-order valence-electron chi connectivity index (χ3n) is 3.92. The summed E-state index contributed by atoms with van der Waals surface area (Å²) >= 11 is 1.57. The molecule has 6 nitrogen and oxygen atoms in total. The zero-order chi connectivity index (χ0) is 16.2. The van der Waals surface area contributed by atoms with E-state index in [2.05, 4.69) is 27.1 Å². The van der Waals surface area contributed by atoms with Crippen molar-refractivity contribution in [3.05, 3.63) is 40.0 Å². The molecule has 0 spiro atoms. The first-order chi connectivity index (χ1) is 11.2. The number of carbonyl (C=O) groups excluding carboxylic acids is 1. The lowest BCUT2D eigenvalue weighted by atomic mass is 10.2. The molecule has 1 amide bonds. The van der Waals surface area contributed by atoms with Crippen LogP contribution in [0.15, 0.2) is 23.7 Å². The first-order valence-corrected chi connectivity index (χ1v) is 8.71. The van der Waals surface area contributed by atoms with E-state index in [1.165, 1.54) is 0 Å². The molecule has 122 valence electrons. The van der Waals surface area contributed by atoms with Crippen LogP contribution in [0.4, 0.5) is 5.82 Å². The van der Waals surface area contributed by atoms with E-state index in [0.29, 0.717) is 12.1 Å². The maximum Gasteiger partial charge on any atom is 0.253 e. The van der Waals surface area contributed by atoms with Crippen molar-refractivity contribution in [3.8, 4) is 0 Å². The van der Waals surface area contributed by atoms with Crippen molar-refractivity contribution in [3.63, 3.8) is 0 Å². The highest BCUT2D eigenvalue weighted by Gasteiger charge is 2.20. The van der Waals surface area contributed by atoms with Gasteiger partial charge >= 0.3 is 0 Å². The van der Waals surface area contributed by atoms with E-state index >= 15 is 0 Å². The fourth-order valence-corrected chi connectivity index (χ4v) is 3.37. The number of nitrogens with zero attached hydrogens (tertiary/aromatic N) is 3. The lowest BCUT2D eigenvalue weighted by Crippen LogP contribution is -2.27. The van der Waals surface area contributed by atoms with Crippen molar-refractivity contribution in [2.75, 3.05) is 18.0 Å². The van der Waals surface area contributed by atoms with Crippen LogP contribution in [0.25, 0.3) is 0 Å². The number of hydrogen-bond donors (Lipinski definition) is 2. The van der Waals surface area contributed by atoms with Gasteiger partial charge in [-0.25, -0.2) is 9.97 Å². The first kappa shape index (κ1) is 15.9. The Kier molecular flexibility index (Phi) is 4.88. The van der Waals surface area contributed by atoms with Crippen molar-refractivity contribution in [1.82, 2.24) is 15.3 Å². The molecule has 0 unspecified atom stereocenters. The molecule has 23 heavy (non-hydrogen) atoms. The Morgan fingerprint density at radius 2 is 2.39 bits per heavy atom. The SMILES string of the molecule is CCc1csc(CNC(=O)c2ccc(N3CC[C@@H](N)C3)nc2)n1. The average molecular weight is 331 g/mol. The van der Waals surface area contributed by atoms with Gasteiger partial charge in [0.1, 0.15) is 10.8 Å². The summed E-state index contributed by atoms with van der Waals surface area (Å²) in [5.41, 5.74) is 7.53. The highest BCUT2D eigenvalue weighted by molar-refractivity contribution is 7.09. The topological polar surface area (TPSA) is 84.1 Å². The second-order valence-corrected chi connectivity index (χ2v) is 6.61. The van der Waals surface area contributed by atoms with Gasteiger partial charge in [0.2, 0.25) is 0 Å². The molecule has 2 aromatic rings. The van der Waals surface area contributed by atoms with E-state index in [9.17, 15) is 4.79 Å². The predicted molar refractivity (Wildman–Crippen MR) is 91.7 cm³/mol. The van der Waals surface area contributed by atoms with Gasteiger partial charge in [-0.05, 0) is 25.0 Å². The normalized spacial score (nSPS) is 17.5. The molecular formula is C16H21N5OS. The third kappa shape index (κ3) is 3.86. The van der Waals surface area contributed by atoms with Crippen LogP contribution >= 0.6 is 11.3 Å². The number of amides is 1. The molecule has 3 heterocycles. The fourth-order valence-electron chi connectivity index (χ4n) is 2.55. The van der Waals surface area contributed by atoms with E-state index < -0.39 is 0 Å². The molecular weight excluding hydrogens is 310 g/mol. The van der Waals surface area contributed by atoms with Gasteiger partial charge in [0.15, 0.2) is 0 Å². The second kappa shape index (κ2) is 7.06. The molecule has 0 bridgehead atoms. The molecule has 0 aliphatic carbocycles. The molecule has 7 heteroatoms. The van der Waals surface area contributed by atoms with Gasteiger partial charge in [-0.3, -0.25) is 4.79 Å². The summed E-state index contributed by atoms with van der Waals surface area (Å²) in [6.07, 6.45) is 3.52. The standard InChI is InChI=1S/C16H21N5OS/c1-2-13-10-23-15(20-13)8-19-16(22)11-3-4-14(18-7-11)21-6-5-12(17)9-21/h3-4,7,10,12H,2,5-6,8-9,17H2,1H3,(H,19,22)/t12-/m1/s1. The molecule has 1 aliphatic rings. The minimum atomic E-state index is -0.129. The third-order valence-corrected chi connectivity index (χ3v) is 4.82. The number of aromatic nitrogens is 2. The number of thiazole rings is 1. The Bertz CT molecular complexity index is 669. The van der Waals surface area contributed by atoms with Crippen LogP contribution < -0.4 is 16.0 Å². The predicted octanol–water partition coefficient (Wildman–Crippen LogP) is 1.57. The molecule has 0 saturated carbocycles. The van der Waals surface area contributed by atoms with E-state index in [-0.39, 0.29) is 11.9 Å². The molecule has 2 aromatic heterocycles. The lowest BCUT2D eigenvalue weighted by molar-refractivity contribution is 0.0950. The Hall–Kier alpha value is -1.99. The summed E-state index contributed by atoms with van der Waals surface area (Å²) < 4.78 is 0. The van der Waals surface area contributed by atoms with Gasteiger partial charge < -0.3 is 16.0 Å². The van der Waals surface area contributed by atoms with Crippen LogP contribution in [0.3, 0.4) is 0 Å². The van der Waals surface area contributed by atoms with Crippen molar-refractivity contribution in [2.24, 2.45) is 5.73 Å². The van der Waals surface area contributed by atoms with Crippen molar-refractivity contribution < 1.29 is 4.79 Å². The van der Waals surface area contributed by atoms with Gasteiger partial charge in [-0.1, -0.05) is 6.92 Å². The zero-order valence-corrected chi connectivity index (χ0v) is 14.0. The number of hydrogen-bond acceptors (Lipinski definition) is 6. The second-order valence-electron chi connectivity index (χ2n) is 5.67. The Morgan fingerprint density at radius 1 is 1.52 bits per heavy atom. The van der Waals surface area contributed by atoms with Crippen molar-refractivity contribution >= 4 is 23.1 Å². The minimum absolute atomic E-state index is 0.129. The number of nitrogens with two attached hydrogens (primary N) is 1. The number of nitrogens with one attached hydrogen (secondary N) is 1. The molecule has 1 fully saturated rings. The van der Waals surface area contributed by atoms with Crippen LogP contribution in [0.1, 0.15) is 34.4 Å². The van der Waals surface area contributed by atoms with E-state index in [0.717, 1.165) is 42.5 Å². The maximum absolute atomic E-state index is 12.2. The maximum atomic E-state index is 12.2. The summed E-state index contributed by atoms with van der Waals surface area (Å²) in [6, 6.07) is 3.90. The zero-order valence-electron chi connectivity index (χ0n) is 13.2. The number of pyridine rings is 1.